The number of fused-ring (bicyclic) bond motifs is 2. The van der Waals surface area contributed by atoms with Crippen LogP contribution in [0.5, 0.6) is 0 Å². The van der Waals surface area contributed by atoms with E-state index < -0.39 is 0 Å². The fraction of sp³-hybridized carbons (Fsp3) is 0.647. The third-order valence-corrected chi connectivity index (χ3v) is 4.54. The first-order valence-corrected chi connectivity index (χ1v) is 7.86. The molecule has 0 N–H and O–H groups in total. The summed E-state index contributed by atoms with van der Waals surface area (Å²) in [6.07, 6.45) is 0. The molecule has 2 bridgehead atoms. The molecule has 0 radical (unpaired) electrons. The molecule has 2 aliphatic rings. The molecule has 0 amide bonds. The van der Waals surface area contributed by atoms with Crippen LogP contribution < -0.4 is 0 Å². The SMILES string of the molecule is COCCN1[C@H]2COC[C@H]1CN(Cc1cccc(C)c1)C2. The molecule has 2 heterocycles. The molecule has 0 aromatic heterocycles. The highest BCUT2D eigenvalue weighted by atomic mass is 16.5. The molecule has 3 rings (SSSR count). The maximum absolute atomic E-state index is 5.76. The van der Waals surface area contributed by atoms with Gasteiger partial charge in [-0.2, -0.15) is 0 Å². The van der Waals surface area contributed by atoms with Gasteiger partial charge < -0.3 is 9.47 Å². The molecule has 4 heteroatoms. The van der Waals surface area contributed by atoms with Crippen molar-refractivity contribution in [3.63, 3.8) is 0 Å². The number of piperazine rings is 1. The number of rotatable bonds is 5. The van der Waals surface area contributed by atoms with Crippen LogP contribution in [0.15, 0.2) is 24.3 Å². The highest BCUT2D eigenvalue weighted by Gasteiger charge is 2.37. The fourth-order valence-corrected chi connectivity index (χ4v) is 3.58. The number of benzene rings is 1. The van der Waals surface area contributed by atoms with Crippen molar-refractivity contribution in [1.29, 1.82) is 0 Å². The maximum atomic E-state index is 5.76. The quantitative estimate of drug-likeness (QED) is 0.821. The molecule has 0 unspecified atom stereocenters. The molecule has 21 heavy (non-hydrogen) atoms. The first-order chi connectivity index (χ1) is 10.3. The van der Waals surface area contributed by atoms with Crippen molar-refractivity contribution >= 4 is 0 Å². The van der Waals surface area contributed by atoms with Crippen molar-refractivity contribution in [3.05, 3.63) is 35.4 Å². The van der Waals surface area contributed by atoms with Gasteiger partial charge in [0, 0.05) is 45.4 Å². The third kappa shape index (κ3) is 3.64. The predicted molar refractivity (Wildman–Crippen MR) is 83.4 cm³/mol. The Morgan fingerprint density at radius 1 is 1.24 bits per heavy atom. The van der Waals surface area contributed by atoms with Crippen molar-refractivity contribution in [2.75, 3.05) is 46.6 Å². The van der Waals surface area contributed by atoms with Gasteiger partial charge in [0.05, 0.1) is 19.8 Å². The summed E-state index contributed by atoms with van der Waals surface area (Å²) in [5.74, 6) is 0. The molecular weight excluding hydrogens is 264 g/mol. The normalized spacial score (nSPS) is 27.0. The maximum Gasteiger partial charge on any atom is 0.0635 e. The standard InChI is InChI=1S/C17H26N2O2/c1-14-4-3-5-15(8-14)9-18-10-16-12-21-13-17(11-18)19(16)6-7-20-2/h3-5,8,16-17H,6-7,9-13H2,1-2H3/t16-,17-/m1/s1. The first-order valence-electron chi connectivity index (χ1n) is 7.86. The van der Waals surface area contributed by atoms with E-state index in [0.29, 0.717) is 12.1 Å². The zero-order valence-electron chi connectivity index (χ0n) is 13.1. The summed E-state index contributed by atoms with van der Waals surface area (Å²) in [6, 6.07) is 9.87. The number of morpholine rings is 1. The highest BCUT2D eigenvalue weighted by Crippen LogP contribution is 2.22. The molecular formula is C17H26N2O2. The van der Waals surface area contributed by atoms with Gasteiger partial charge in [0.2, 0.25) is 0 Å². The van der Waals surface area contributed by atoms with Crippen LogP contribution in [-0.4, -0.2) is 68.4 Å². The fourth-order valence-electron chi connectivity index (χ4n) is 3.58. The molecule has 2 aliphatic heterocycles. The van der Waals surface area contributed by atoms with E-state index in [2.05, 4.69) is 41.0 Å². The molecule has 1 aromatic carbocycles. The van der Waals surface area contributed by atoms with Gasteiger partial charge in [-0.3, -0.25) is 9.80 Å². The number of aryl methyl sites for hydroxylation is 1. The first kappa shape index (κ1) is 15.0. The Hall–Kier alpha value is -0.940. The van der Waals surface area contributed by atoms with Crippen molar-refractivity contribution < 1.29 is 9.47 Å². The van der Waals surface area contributed by atoms with Crippen LogP contribution in [0.3, 0.4) is 0 Å². The minimum Gasteiger partial charge on any atom is -0.383 e. The van der Waals surface area contributed by atoms with E-state index in [0.717, 1.165) is 46.0 Å². The van der Waals surface area contributed by atoms with Gasteiger partial charge in [-0.1, -0.05) is 29.8 Å². The summed E-state index contributed by atoms with van der Waals surface area (Å²) in [7, 11) is 1.78. The molecule has 4 nitrogen and oxygen atoms in total. The van der Waals surface area contributed by atoms with E-state index in [9.17, 15) is 0 Å². The van der Waals surface area contributed by atoms with Gasteiger partial charge >= 0.3 is 0 Å². The number of nitrogens with zero attached hydrogens (tertiary/aromatic N) is 2. The average molecular weight is 290 g/mol. The van der Waals surface area contributed by atoms with E-state index in [4.69, 9.17) is 9.47 Å². The number of ether oxygens (including phenoxy) is 2. The van der Waals surface area contributed by atoms with Gasteiger partial charge in [-0.05, 0) is 12.5 Å². The van der Waals surface area contributed by atoms with E-state index >= 15 is 0 Å². The van der Waals surface area contributed by atoms with Crippen molar-refractivity contribution in [2.24, 2.45) is 0 Å². The van der Waals surface area contributed by atoms with Crippen LogP contribution in [0.4, 0.5) is 0 Å². The monoisotopic (exact) mass is 290 g/mol. The van der Waals surface area contributed by atoms with Gasteiger partial charge in [-0.15, -0.1) is 0 Å². The van der Waals surface area contributed by atoms with Crippen LogP contribution in [-0.2, 0) is 16.0 Å². The van der Waals surface area contributed by atoms with Gasteiger partial charge in [0.1, 0.15) is 0 Å². The Labute approximate surface area is 127 Å². The highest BCUT2D eigenvalue weighted by molar-refractivity contribution is 5.22. The lowest BCUT2D eigenvalue weighted by Crippen LogP contribution is -2.64. The van der Waals surface area contributed by atoms with Gasteiger partial charge in [0.25, 0.3) is 0 Å². The van der Waals surface area contributed by atoms with Crippen molar-refractivity contribution in [1.82, 2.24) is 9.80 Å². The lowest BCUT2D eigenvalue weighted by molar-refractivity contribution is -0.104. The lowest BCUT2D eigenvalue weighted by atomic mass is 10.0. The summed E-state index contributed by atoms with van der Waals surface area (Å²) in [4.78, 5) is 5.16. The largest absolute Gasteiger partial charge is 0.383 e. The topological polar surface area (TPSA) is 24.9 Å². The summed E-state index contributed by atoms with van der Waals surface area (Å²) >= 11 is 0. The Morgan fingerprint density at radius 2 is 2.00 bits per heavy atom. The van der Waals surface area contributed by atoms with E-state index in [1.165, 1.54) is 11.1 Å². The molecule has 2 saturated heterocycles. The third-order valence-electron chi connectivity index (χ3n) is 4.54. The predicted octanol–water partition coefficient (Wildman–Crippen LogP) is 1.53. The van der Waals surface area contributed by atoms with E-state index in [-0.39, 0.29) is 0 Å². The summed E-state index contributed by atoms with van der Waals surface area (Å²) in [5, 5.41) is 0. The Bertz CT molecular complexity index is 452. The van der Waals surface area contributed by atoms with Crippen LogP contribution in [0.1, 0.15) is 11.1 Å². The van der Waals surface area contributed by atoms with Crippen LogP contribution in [0.25, 0.3) is 0 Å². The van der Waals surface area contributed by atoms with Gasteiger partial charge in [-0.25, -0.2) is 0 Å². The number of hydrogen-bond acceptors (Lipinski definition) is 4. The second kappa shape index (κ2) is 6.88. The Morgan fingerprint density at radius 3 is 2.67 bits per heavy atom. The van der Waals surface area contributed by atoms with Crippen molar-refractivity contribution in [3.8, 4) is 0 Å². The molecule has 0 aliphatic carbocycles. The summed E-state index contributed by atoms with van der Waals surface area (Å²) in [6.45, 7) is 8.93. The van der Waals surface area contributed by atoms with E-state index in [1.807, 2.05) is 0 Å². The second-order valence-electron chi connectivity index (χ2n) is 6.26. The number of hydrogen-bond donors (Lipinski definition) is 0. The average Bonchev–Trinajstić information content (AvgIpc) is 2.45. The molecule has 2 atom stereocenters. The summed E-state index contributed by atoms with van der Waals surface area (Å²) < 4.78 is 11.0. The Balaban J connectivity index is 1.63. The van der Waals surface area contributed by atoms with Gasteiger partial charge in [0.15, 0.2) is 0 Å². The zero-order valence-corrected chi connectivity index (χ0v) is 13.1. The summed E-state index contributed by atoms with van der Waals surface area (Å²) in [5.41, 5.74) is 2.76. The minimum absolute atomic E-state index is 0.512. The second-order valence-corrected chi connectivity index (χ2v) is 6.26. The van der Waals surface area contributed by atoms with Crippen LogP contribution >= 0.6 is 0 Å². The zero-order chi connectivity index (χ0) is 14.7. The molecule has 116 valence electrons. The smallest absolute Gasteiger partial charge is 0.0635 e. The lowest BCUT2D eigenvalue weighted by Gasteiger charge is -2.49. The van der Waals surface area contributed by atoms with E-state index in [1.54, 1.807) is 7.11 Å². The molecule has 0 saturated carbocycles. The van der Waals surface area contributed by atoms with Crippen molar-refractivity contribution in [2.45, 2.75) is 25.6 Å². The van der Waals surface area contributed by atoms with Crippen LogP contribution in [0, 0.1) is 6.92 Å². The molecule has 1 aromatic rings. The minimum atomic E-state index is 0.512. The van der Waals surface area contributed by atoms with Crippen LogP contribution in [0.2, 0.25) is 0 Å². The Kier molecular flexibility index (Phi) is 4.91. The molecule has 2 fully saturated rings. The molecule has 0 spiro atoms. The number of methoxy groups -OCH3 is 1.